The molecule has 5 heteroatoms. The van der Waals surface area contributed by atoms with Crippen molar-refractivity contribution in [2.24, 2.45) is 5.92 Å². The molecule has 0 N–H and O–H groups in total. The Bertz CT molecular complexity index is 592. The van der Waals surface area contributed by atoms with E-state index < -0.39 is 0 Å². The highest BCUT2D eigenvalue weighted by atomic mass is 16.5. The quantitative estimate of drug-likeness (QED) is 0.808. The summed E-state index contributed by atoms with van der Waals surface area (Å²) in [6.07, 6.45) is 4.70. The summed E-state index contributed by atoms with van der Waals surface area (Å²) >= 11 is 0. The Balaban J connectivity index is 1.48. The lowest BCUT2D eigenvalue weighted by atomic mass is 10.1. The topological polar surface area (TPSA) is 62.6 Å². The van der Waals surface area contributed by atoms with E-state index in [1.54, 1.807) is 24.3 Å². The van der Waals surface area contributed by atoms with Crippen molar-refractivity contribution in [2.75, 3.05) is 26.3 Å². The van der Waals surface area contributed by atoms with Gasteiger partial charge in [0.2, 0.25) is 0 Å². The minimum absolute atomic E-state index is 0.0337. The highest BCUT2D eigenvalue weighted by molar-refractivity contribution is 5.78. The van der Waals surface area contributed by atoms with Crippen LogP contribution in [0, 0.1) is 17.2 Å². The van der Waals surface area contributed by atoms with Crippen molar-refractivity contribution < 1.29 is 14.3 Å². The van der Waals surface area contributed by atoms with Crippen molar-refractivity contribution in [3.05, 3.63) is 29.8 Å². The number of para-hydroxylation sites is 1. The second kappa shape index (κ2) is 7.47. The summed E-state index contributed by atoms with van der Waals surface area (Å²) in [7, 11) is 0. The van der Waals surface area contributed by atoms with E-state index in [-0.39, 0.29) is 18.6 Å². The van der Waals surface area contributed by atoms with Crippen molar-refractivity contribution in [3.63, 3.8) is 0 Å². The van der Waals surface area contributed by atoms with Crippen molar-refractivity contribution in [2.45, 2.75) is 31.8 Å². The van der Waals surface area contributed by atoms with E-state index in [4.69, 9.17) is 14.7 Å². The Hall–Kier alpha value is -2.06. The zero-order valence-corrected chi connectivity index (χ0v) is 13.2. The molecule has 1 aromatic rings. The van der Waals surface area contributed by atoms with Gasteiger partial charge in [-0.2, -0.15) is 5.26 Å². The second-order valence-corrected chi connectivity index (χ2v) is 6.28. The number of piperidine rings is 1. The number of hydrogen-bond acceptors (Lipinski definition) is 4. The van der Waals surface area contributed by atoms with Gasteiger partial charge in [0.1, 0.15) is 11.8 Å². The van der Waals surface area contributed by atoms with Gasteiger partial charge in [0, 0.05) is 19.7 Å². The summed E-state index contributed by atoms with van der Waals surface area (Å²) in [5.74, 6) is 1.16. The number of benzene rings is 1. The number of hydrogen-bond donors (Lipinski definition) is 0. The molecule has 1 unspecified atom stereocenters. The Morgan fingerprint density at radius 1 is 1.30 bits per heavy atom. The number of nitrogens with zero attached hydrogens (tertiary/aromatic N) is 2. The molecule has 23 heavy (non-hydrogen) atoms. The molecule has 2 fully saturated rings. The molecule has 0 radical (unpaired) electrons. The molecule has 1 aliphatic heterocycles. The Morgan fingerprint density at radius 3 is 2.91 bits per heavy atom. The molecule has 2 aliphatic rings. The molecule has 0 spiro atoms. The molecule has 1 atom stereocenters. The predicted molar refractivity (Wildman–Crippen MR) is 84.9 cm³/mol. The molecule has 1 saturated carbocycles. The highest BCUT2D eigenvalue weighted by Gasteiger charge is 2.27. The van der Waals surface area contributed by atoms with Crippen LogP contribution in [0.5, 0.6) is 5.75 Å². The monoisotopic (exact) mass is 314 g/mol. The lowest BCUT2D eigenvalue weighted by molar-refractivity contribution is -0.137. The molecule has 1 amide bonds. The minimum Gasteiger partial charge on any atom is -0.482 e. The number of amides is 1. The number of carbonyl (C=O) groups is 1. The number of likely N-dealkylation sites (tertiary alicyclic amines) is 1. The summed E-state index contributed by atoms with van der Waals surface area (Å²) in [6.45, 7) is 2.20. The highest BCUT2D eigenvalue weighted by Crippen LogP contribution is 2.30. The van der Waals surface area contributed by atoms with Gasteiger partial charge in [-0.05, 0) is 43.7 Å². The van der Waals surface area contributed by atoms with E-state index in [1.807, 2.05) is 4.90 Å². The van der Waals surface area contributed by atoms with Crippen LogP contribution in [0.4, 0.5) is 0 Å². The van der Waals surface area contributed by atoms with Crippen LogP contribution in [0.1, 0.15) is 31.2 Å². The van der Waals surface area contributed by atoms with Gasteiger partial charge >= 0.3 is 0 Å². The average Bonchev–Trinajstić information content (AvgIpc) is 3.43. The molecule has 0 bridgehead atoms. The molecule has 0 aromatic heterocycles. The molecule has 5 nitrogen and oxygen atoms in total. The maximum Gasteiger partial charge on any atom is 0.260 e. The molecular formula is C18H22N2O3. The third-order valence-electron chi connectivity index (χ3n) is 4.35. The maximum atomic E-state index is 12.3. The fourth-order valence-corrected chi connectivity index (χ4v) is 2.77. The van der Waals surface area contributed by atoms with E-state index in [0.29, 0.717) is 17.9 Å². The van der Waals surface area contributed by atoms with Gasteiger partial charge in [-0.3, -0.25) is 4.79 Å². The standard InChI is InChI=1S/C18H22N2O3/c19-10-15-4-1-2-6-17(15)23-13-18(21)20-9-3-5-16(11-20)22-12-14-7-8-14/h1-2,4,6,14,16H,3,5,7-9,11-13H2. The zero-order chi connectivity index (χ0) is 16.1. The third-order valence-corrected chi connectivity index (χ3v) is 4.35. The Kier molecular flexibility index (Phi) is 5.14. The van der Waals surface area contributed by atoms with Crippen LogP contribution in [0.3, 0.4) is 0 Å². The third kappa shape index (κ3) is 4.46. The minimum atomic E-state index is -0.0440. The number of carbonyl (C=O) groups excluding carboxylic acids is 1. The Labute approximate surface area is 136 Å². The summed E-state index contributed by atoms with van der Waals surface area (Å²) in [5.41, 5.74) is 0.449. The molecule has 1 heterocycles. The number of rotatable bonds is 6. The van der Waals surface area contributed by atoms with Crippen molar-refractivity contribution in [1.82, 2.24) is 4.90 Å². The van der Waals surface area contributed by atoms with Crippen LogP contribution in [0.25, 0.3) is 0 Å². The summed E-state index contributed by atoms with van der Waals surface area (Å²) in [5, 5.41) is 9.03. The Morgan fingerprint density at radius 2 is 2.13 bits per heavy atom. The first kappa shape index (κ1) is 15.8. The lowest BCUT2D eigenvalue weighted by Gasteiger charge is -2.32. The molecular weight excluding hydrogens is 292 g/mol. The van der Waals surface area contributed by atoms with Crippen molar-refractivity contribution in [1.29, 1.82) is 5.26 Å². The van der Waals surface area contributed by atoms with Gasteiger partial charge in [0.05, 0.1) is 11.7 Å². The first-order valence-electron chi connectivity index (χ1n) is 8.27. The summed E-state index contributed by atoms with van der Waals surface area (Å²) in [4.78, 5) is 14.1. The molecule has 122 valence electrons. The van der Waals surface area contributed by atoms with E-state index in [0.717, 1.165) is 31.9 Å². The van der Waals surface area contributed by atoms with E-state index in [9.17, 15) is 4.79 Å². The maximum absolute atomic E-state index is 12.3. The lowest BCUT2D eigenvalue weighted by Crippen LogP contribution is -2.45. The van der Waals surface area contributed by atoms with Gasteiger partial charge in [0.15, 0.2) is 6.61 Å². The van der Waals surface area contributed by atoms with Crippen LogP contribution in [-0.4, -0.2) is 43.2 Å². The van der Waals surface area contributed by atoms with Gasteiger partial charge in [-0.15, -0.1) is 0 Å². The van der Waals surface area contributed by atoms with Gasteiger partial charge in [-0.1, -0.05) is 12.1 Å². The number of nitriles is 1. The van der Waals surface area contributed by atoms with Crippen LogP contribution in [0.15, 0.2) is 24.3 Å². The van der Waals surface area contributed by atoms with Crippen LogP contribution in [-0.2, 0) is 9.53 Å². The fraction of sp³-hybridized carbons (Fsp3) is 0.556. The smallest absolute Gasteiger partial charge is 0.260 e. The summed E-state index contributed by atoms with van der Waals surface area (Å²) in [6, 6.07) is 9.04. The van der Waals surface area contributed by atoms with E-state index in [1.165, 1.54) is 12.8 Å². The largest absolute Gasteiger partial charge is 0.482 e. The van der Waals surface area contributed by atoms with E-state index in [2.05, 4.69) is 6.07 Å². The van der Waals surface area contributed by atoms with E-state index >= 15 is 0 Å². The van der Waals surface area contributed by atoms with Gasteiger partial charge < -0.3 is 14.4 Å². The van der Waals surface area contributed by atoms with Crippen LogP contribution < -0.4 is 4.74 Å². The summed E-state index contributed by atoms with van der Waals surface area (Å²) < 4.78 is 11.4. The molecule has 1 aliphatic carbocycles. The molecule has 3 rings (SSSR count). The zero-order valence-electron chi connectivity index (χ0n) is 13.2. The van der Waals surface area contributed by atoms with Crippen LogP contribution >= 0.6 is 0 Å². The van der Waals surface area contributed by atoms with Gasteiger partial charge in [-0.25, -0.2) is 0 Å². The van der Waals surface area contributed by atoms with Crippen LogP contribution in [0.2, 0.25) is 0 Å². The number of ether oxygens (including phenoxy) is 2. The van der Waals surface area contributed by atoms with Gasteiger partial charge in [0.25, 0.3) is 5.91 Å². The van der Waals surface area contributed by atoms with Crippen molar-refractivity contribution >= 4 is 5.91 Å². The average molecular weight is 314 g/mol. The fourth-order valence-electron chi connectivity index (χ4n) is 2.77. The predicted octanol–water partition coefficient (Wildman–Crippen LogP) is 2.35. The molecule has 1 saturated heterocycles. The van der Waals surface area contributed by atoms with Crippen molar-refractivity contribution in [3.8, 4) is 11.8 Å². The first-order valence-corrected chi connectivity index (χ1v) is 8.27. The normalized spacial score (nSPS) is 20.8. The SMILES string of the molecule is N#Cc1ccccc1OCC(=O)N1CCCC(OCC2CC2)C1. The molecule has 1 aromatic carbocycles. The second-order valence-electron chi connectivity index (χ2n) is 6.28. The first-order chi connectivity index (χ1) is 11.3.